The molecule has 3 rings (SSSR count). The normalized spacial score (nSPS) is 17.3. The van der Waals surface area contributed by atoms with Crippen molar-refractivity contribution in [3.05, 3.63) is 76.8 Å². The molecule has 1 atom stereocenters. The molecule has 0 aliphatic carbocycles. The van der Waals surface area contributed by atoms with Crippen molar-refractivity contribution < 1.29 is 14.3 Å². The van der Waals surface area contributed by atoms with E-state index in [-0.39, 0.29) is 18.6 Å². The summed E-state index contributed by atoms with van der Waals surface area (Å²) in [6, 6.07) is 16.5. The van der Waals surface area contributed by atoms with Gasteiger partial charge in [0.25, 0.3) is 5.91 Å². The number of carbonyl (C=O) groups excluding carboxylic acids is 2. The van der Waals surface area contributed by atoms with Crippen molar-refractivity contribution in [3.63, 3.8) is 0 Å². The summed E-state index contributed by atoms with van der Waals surface area (Å²) >= 11 is 5.83. The average Bonchev–Trinajstić information content (AvgIpc) is 2.95. The Morgan fingerprint density at radius 1 is 1.17 bits per heavy atom. The number of benzene rings is 2. The van der Waals surface area contributed by atoms with Crippen molar-refractivity contribution >= 4 is 29.7 Å². The van der Waals surface area contributed by atoms with Crippen LogP contribution in [0.25, 0.3) is 6.08 Å². The molecule has 1 aliphatic rings. The molecule has 2 aromatic carbocycles. The number of rotatable bonds is 4. The number of imide groups is 1. The summed E-state index contributed by atoms with van der Waals surface area (Å²) in [5, 5.41) is 0.629. The lowest BCUT2D eigenvalue weighted by atomic mass is 10.1. The lowest BCUT2D eigenvalue weighted by molar-refractivity contribution is -0.124. The van der Waals surface area contributed by atoms with Crippen LogP contribution >= 0.6 is 11.6 Å². The first-order valence-corrected chi connectivity index (χ1v) is 7.99. The third kappa shape index (κ3) is 3.84. The van der Waals surface area contributed by atoms with Crippen LogP contribution in [0.3, 0.4) is 0 Å². The SMILES string of the molecule is O=C(C=Cc1ccc(Cl)cc1)N1C(=O)OC[C@@H]1Cc1ccccc1. The minimum absolute atomic E-state index is 0.217. The molecule has 0 N–H and O–H groups in total. The lowest BCUT2D eigenvalue weighted by Gasteiger charge is -2.18. The van der Waals surface area contributed by atoms with Crippen molar-refractivity contribution in [2.75, 3.05) is 6.61 Å². The Balaban J connectivity index is 1.71. The van der Waals surface area contributed by atoms with E-state index < -0.39 is 6.09 Å². The van der Waals surface area contributed by atoms with Gasteiger partial charge in [0.05, 0.1) is 6.04 Å². The van der Waals surface area contributed by atoms with Crippen molar-refractivity contribution in [2.24, 2.45) is 0 Å². The Morgan fingerprint density at radius 2 is 1.88 bits per heavy atom. The molecule has 2 aromatic rings. The highest BCUT2D eigenvalue weighted by atomic mass is 35.5. The van der Waals surface area contributed by atoms with E-state index in [1.54, 1.807) is 30.3 Å². The molecule has 0 spiro atoms. The molecule has 2 amide bonds. The quantitative estimate of drug-likeness (QED) is 0.791. The van der Waals surface area contributed by atoms with Crippen LogP contribution in [-0.2, 0) is 16.0 Å². The molecule has 1 saturated heterocycles. The summed E-state index contributed by atoms with van der Waals surface area (Å²) < 4.78 is 5.05. The summed E-state index contributed by atoms with van der Waals surface area (Å²) in [4.78, 5) is 25.5. The summed E-state index contributed by atoms with van der Waals surface area (Å²) in [5.41, 5.74) is 1.89. The molecule has 0 bridgehead atoms. The van der Waals surface area contributed by atoms with E-state index >= 15 is 0 Å². The number of cyclic esters (lactones) is 1. The van der Waals surface area contributed by atoms with E-state index in [0.717, 1.165) is 11.1 Å². The average molecular weight is 342 g/mol. The zero-order valence-electron chi connectivity index (χ0n) is 12.9. The minimum Gasteiger partial charge on any atom is -0.447 e. The van der Waals surface area contributed by atoms with Crippen LogP contribution in [-0.4, -0.2) is 29.5 Å². The number of hydrogen-bond acceptors (Lipinski definition) is 3. The van der Waals surface area contributed by atoms with E-state index in [0.29, 0.717) is 11.4 Å². The van der Waals surface area contributed by atoms with Crippen LogP contribution < -0.4 is 0 Å². The summed E-state index contributed by atoms with van der Waals surface area (Å²) in [6.45, 7) is 0.217. The fourth-order valence-corrected chi connectivity index (χ4v) is 2.71. The van der Waals surface area contributed by atoms with Gasteiger partial charge in [0.1, 0.15) is 6.61 Å². The van der Waals surface area contributed by atoms with Crippen molar-refractivity contribution in [2.45, 2.75) is 12.5 Å². The third-order valence-corrected chi connectivity index (χ3v) is 4.05. The van der Waals surface area contributed by atoms with E-state index in [1.165, 1.54) is 11.0 Å². The van der Waals surface area contributed by atoms with Gasteiger partial charge in [0.15, 0.2) is 0 Å². The number of halogens is 1. The molecule has 0 saturated carbocycles. The van der Waals surface area contributed by atoms with Gasteiger partial charge < -0.3 is 4.74 Å². The molecule has 24 heavy (non-hydrogen) atoms. The second-order valence-corrected chi connectivity index (χ2v) is 5.95. The number of hydrogen-bond donors (Lipinski definition) is 0. The number of ether oxygens (including phenoxy) is 1. The number of carbonyl (C=O) groups is 2. The maximum Gasteiger partial charge on any atom is 0.417 e. The molecule has 4 nitrogen and oxygen atoms in total. The fraction of sp³-hybridized carbons (Fsp3) is 0.158. The topological polar surface area (TPSA) is 46.6 Å². The highest BCUT2D eigenvalue weighted by Gasteiger charge is 2.36. The van der Waals surface area contributed by atoms with Crippen molar-refractivity contribution in [1.29, 1.82) is 0 Å². The van der Waals surface area contributed by atoms with Crippen molar-refractivity contribution in [1.82, 2.24) is 4.90 Å². The van der Waals surface area contributed by atoms with Gasteiger partial charge in [-0.2, -0.15) is 0 Å². The molecule has 1 fully saturated rings. The molecular formula is C19H16ClNO3. The molecule has 0 aromatic heterocycles. The van der Waals surface area contributed by atoms with Crippen LogP contribution in [0.15, 0.2) is 60.7 Å². The highest BCUT2D eigenvalue weighted by Crippen LogP contribution is 2.18. The maximum atomic E-state index is 12.4. The van der Waals surface area contributed by atoms with Gasteiger partial charge in [-0.05, 0) is 35.8 Å². The fourth-order valence-electron chi connectivity index (χ4n) is 2.59. The Bertz CT molecular complexity index is 756. The maximum absolute atomic E-state index is 12.4. The van der Waals surface area contributed by atoms with Gasteiger partial charge in [-0.3, -0.25) is 4.79 Å². The lowest BCUT2D eigenvalue weighted by Crippen LogP contribution is -2.39. The molecule has 122 valence electrons. The van der Waals surface area contributed by atoms with Crippen LogP contribution in [0.1, 0.15) is 11.1 Å². The minimum atomic E-state index is -0.596. The van der Waals surface area contributed by atoms with Gasteiger partial charge in [0.2, 0.25) is 0 Å². The predicted molar refractivity (Wildman–Crippen MR) is 92.6 cm³/mol. The summed E-state index contributed by atoms with van der Waals surface area (Å²) in [6.07, 6.45) is 3.02. The smallest absolute Gasteiger partial charge is 0.417 e. The molecule has 1 aliphatic heterocycles. The van der Waals surface area contributed by atoms with Crippen LogP contribution in [0.2, 0.25) is 5.02 Å². The summed E-state index contributed by atoms with van der Waals surface area (Å²) in [7, 11) is 0. The number of nitrogens with zero attached hydrogens (tertiary/aromatic N) is 1. The molecule has 0 radical (unpaired) electrons. The van der Waals surface area contributed by atoms with Gasteiger partial charge in [-0.1, -0.05) is 54.1 Å². The Morgan fingerprint density at radius 3 is 2.58 bits per heavy atom. The van der Waals surface area contributed by atoms with E-state index in [1.807, 2.05) is 30.3 Å². The van der Waals surface area contributed by atoms with Crippen LogP contribution in [0.5, 0.6) is 0 Å². The Labute approximate surface area is 145 Å². The second kappa shape index (κ2) is 7.32. The van der Waals surface area contributed by atoms with Crippen LogP contribution in [0.4, 0.5) is 4.79 Å². The zero-order valence-corrected chi connectivity index (χ0v) is 13.6. The van der Waals surface area contributed by atoms with Gasteiger partial charge in [0, 0.05) is 11.1 Å². The van der Waals surface area contributed by atoms with E-state index in [2.05, 4.69) is 0 Å². The van der Waals surface area contributed by atoms with Crippen molar-refractivity contribution in [3.8, 4) is 0 Å². The second-order valence-electron chi connectivity index (χ2n) is 5.51. The molecular weight excluding hydrogens is 326 g/mol. The third-order valence-electron chi connectivity index (χ3n) is 3.80. The highest BCUT2D eigenvalue weighted by molar-refractivity contribution is 6.30. The predicted octanol–water partition coefficient (Wildman–Crippen LogP) is 3.94. The molecule has 1 heterocycles. The van der Waals surface area contributed by atoms with Gasteiger partial charge in [-0.15, -0.1) is 0 Å². The van der Waals surface area contributed by atoms with Crippen LogP contribution in [0, 0.1) is 0 Å². The first-order chi connectivity index (χ1) is 11.6. The number of amides is 2. The van der Waals surface area contributed by atoms with E-state index in [4.69, 9.17) is 16.3 Å². The first-order valence-electron chi connectivity index (χ1n) is 7.61. The largest absolute Gasteiger partial charge is 0.447 e. The summed E-state index contributed by atoms with van der Waals surface area (Å²) in [5.74, 6) is -0.381. The standard InChI is InChI=1S/C19H16ClNO3/c20-16-9-6-14(7-10-16)8-11-18(22)21-17(13-24-19(21)23)12-15-4-2-1-3-5-15/h1-11,17H,12-13H2/t17-/m0/s1. The molecule has 5 heteroatoms. The monoisotopic (exact) mass is 341 g/mol. The zero-order chi connectivity index (χ0) is 16.9. The van der Waals surface area contributed by atoms with Gasteiger partial charge in [-0.25, -0.2) is 9.69 Å². The Hall–Kier alpha value is -2.59. The van der Waals surface area contributed by atoms with Gasteiger partial charge >= 0.3 is 6.09 Å². The molecule has 0 unspecified atom stereocenters. The van der Waals surface area contributed by atoms with E-state index in [9.17, 15) is 9.59 Å². The Kier molecular flexibility index (Phi) is 4.96. The first kappa shape index (κ1) is 16.3.